The van der Waals surface area contributed by atoms with Crippen molar-refractivity contribution in [3.05, 3.63) is 48.0 Å². The number of halogens is 1. The van der Waals surface area contributed by atoms with Gasteiger partial charge < -0.3 is 5.11 Å². The highest BCUT2D eigenvalue weighted by Crippen LogP contribution is 2.30. The Hall–Kier alpha value is -2.07. The first-order chi connectivity index (χ1) is 9.22. The third kappa shape index (κ3) is 1.85. The molecule has 3 aromatic rings. The highest BCUT2D eigenvalue weighted by atomic mass is 35.5. The first-order valence-corrected chi connectivity index (χ1v) is 6.44. The predicted molar refractivity (Wildman–Crippen MR) is 74.8 cm³/mol. The molecule has 3 rings (SSSR count). The lowest BCUT2D eigenvalue weighted by Gasteiger charge is -2.11. The fourth-order valence-electron chi connectivity index (χ4n) is 2.28. The zero-order valence-electron chi connectivity index (χ0n) is 10.3. The average Bonchev–Trinajstić information content (AvgIpc) is 2.80. The highest BCUT2D eigenvalue weighted by molar-refractivity contribution is 6.16. The average molecular weight is 274 g/mol. The van der Waals surface area contributed by atoms with Crippen molar-refractivity contribution in [3.8, 4) is 11.4 Å². The topological polar surface area (TPSA) is 50.9 Å². The minimum Gasteiger partial charge on any atom is -0.507 e. The second-order valence-electron chi connectivity index (χ2n) is 4.28. The number of aromatic hydroxyl groups is 1. The van der Waals surface area contributed by atoms with Crippen molar-refractivity contribution >= 4 is 22.4 Å². The van der Waals surface area contributed by atoms with Gasteiger partial charge in [-0.15, -0.1) is 21.8 Å². The Labute approximate surface area is 115 Å². The maximum absolute atomic E-state index is 9.92. The molecule has 0 aliphatic rings. The smallest absolute Gasteiger partial charge is 0.152 e. The normalized spacial score (nSPS) is 11.1. The van der Waals surface area contributed by atoms with Crippen LogP contribution in [0.4, 0.5) is 0 Å². The lowest BCUT2D eigenvalue weighted by atomic mass is 10.1. The van der Waals surface area contributed by atoms with Crippen molar-refractivity contribution in [2.24, 2.45) is 0 Å². The largest absolute Gasteiger partial charge is 0.507 e. The van der Waals surface area contributed by atoms with Gasteiger partial charge in [0.25, 0.3) is 0 Å². The van der Waals surface area contributed by atoms with Crippen LogP contribution in [-0.2, 0) is 5.88 Å². The van der Waals surface area contributed by atoms with E-state index in [0.717, 1.165) is 22.3 Å². The molecule has 0 saturated heterocycles. The first kappa shape index (κ1) is 12.0. The van der Waals surface area contributed by atoms with Crippen LogP contribution in [-0.4, -0.2) is 19.9 Å². The van der Waals surface area contributed by atoms with E-state index in [0.29, 0.717) is 5.82 Å². The van der Waals surface area contributed by atoms with Crippen molar-refractivity contribution in [3.63, 3.8) is 0 Å². The number of fused-ring (bicyclic) bond motifs is 1. The summed E-state index contributed by atoms with van der Waals surface area (Å²) in [6, 6.07) is 11.2. The molecule has 1 aromatic heterocycles. The minimum absolute atomic E-state index is 0.262. The molecule has 0 radical (unpaired) electrons. The van der Waals surface area contributed by atoms with Crippen molar-refractivity contribution in [1.82, 2.24) is 14.8 Å². The number of aryl methyl sites for hydroxylation is 1. The molecule has 0 bridgehead atoms. The first-order valence-electron chi connectivity index (χ1n) is 5.90. The molecule has 0 aliphatic carbocycles. The highest BCUT2D eigenvalue weighted by Gasteiger charge is 2.13. The molecule has 5 heteroatoms. The van der Waals surface area contributed by atoms with Crippen LogP contribution in [0.2, 0.25) is 0 Å². The van der Waals surface area contributed by atoms with E-state index < -0.39 is 0 Å². The molecular weight excluding hydrogens is 262 g/mol. The fraction of sp³-hybridized carbons (Fsp3) is 0.143. The van der Waals surface area contributed by atoms with E-state index in [1.54, 1.807) is 6.07 Å². The molecule has 2 aromatic carbocycles. The van der Waals surface area contributed by atoms with E-state index in [9.17, 15) is 5.11 Å². The summed E-state index contributed by atoms with van der Waals surface area (Å²) in [6.45, 7) is 1.88. The van der Waals surface area contributed by atoms with Crippen LogP contribution >= 0.6 is 11.6 Å². The number of phenolic OH excluding ortho intramolecular Hbond substituents is 1. The molecule has 1 N–H and O–H groups in total. The van der Waals surface area contributed by atoms with E-state index in [-0.39, 0.29) is 11.6 Å². The van der Waals surface area contributed by atoms with Gasteiger partial charge in [0.2, 0.25) is 0 Å². The molecule has 0 amide bonds. The second kappa shape index (κ2) is 4.55. The van der Waals surface area contributed by atoms with Crippen LogP contribution < -0.4 is 0 Å². The number of rotatable bonds is 2. The molecule has 1 heterocycles. The summed E-state index contributed by atoms with van der Waals surface area (Å²) in [5, 5.41) is 19.8. The summed E-state index contributed by atoms with van der Waals surface area (Å²) in [5.74, 6) is 2.01. The van der Waals surface area contributed by atoms with Gasteiger partial charge in [-0.25, -0.2) is 0 Å². The summed E-state index contributed by atoms with van der Waals surface area (Å²) < 4.78 is 1.91. The Kier molecular flexibility index (Phi) is 2.87. The maximum atomic E-state index is 9.92. The molecule has 0 spiro atoms. The van der Waals surface area contributed by atoms with Crippen molar-refractivity contribution in [1.29, 1.82) is 0 Å². The summed E-state index contributed by atoms with van der Waals surface area (Å²) in [4.78, 5) is 0. The number of alkyl halides is 1. The van der Waals surface area contributed by atoms with E-state index in [4.69, 9.17) is 11.6 Å². The molecule has 0 aliphatic heterocycles. The van der Waals surface area contributed by atoms with Crippen LogP contribution in [0.15, 0.2) is 36.4 Å². The monoisotopic (exact) mass is 273 g/mol. The lowest BCUT2D eigenvalue weighted by Crippen LogP contribution is -2.02. The van der Waals surface area contributed by atoms with Crippen molar-refractivity contribution in [2.75, 3.05) is 0 Å². The van der Waals surface area contributed by atoms with Gasteiger partial charge in [-0.05, 0) is 19.1 Å². The Balaban J connectivity index is 2.37. The zero-order valence-corrected chi connectivity index (χ0v) is 11.1. The number of benzene rings is 2. The molecule has 0 unspecified atom stereocenters. The summed E-state index contributed by atoms with van der Waals surface area (Å²) in [5.41, 5.74) is 0.923. The predicted octanol–water partition coefficient (Wildman–Crippen LogP) is 3.17. The fourth-order valence-corrected chi connectivity index (χ4v) is 2.45. The molecule has 0 saturated carbocycles. The Morgan fingerprint density at radius 1 is 1.11 bits per heavy atom. The van der Waals surface area contributed by atoms with Gasteiger partial charge >= 0.3 is 0 Å². The number of nitrogens with zero attached hydrogens (tertiary/aromatic N) is 3. The van der Waals surface area contributed by atoms with Gasteiger partial charge in [-0.1, -0.05) is 24.3 Å². The van der Waals surface area contributed by atoms with Gasteiger partial charge in [0, 0.05) is 10.8 Å². The third-order valence-electron chi connectivity index (χ3n) is 3.13. The Morgan fingerprint density at radius 2 is 1.84 bits per heavy atom. The zero-order chi connectivity index (χ0) is 13.4. The van der Waals surface area contributed by atoms with Gasteiger partial charge in [0.15, 0.2) is 5.82 Å². The van der Waals surface area contributed by atoms with Gasteiger partial charge in [0.1, 0.15) is 11.6 Å². The third-order valence-corrected chi connectivity index (χ3v) is 3.37. The molecule has 96 valence electrons. The molecule has 0 atom stereocenters. The van der Waals surface area contributed by atoms with E-state index in [1.807, 2.05) is 41.8 Å². The second-order valence-corrected chi connectivity index (χ2v) is 4.55. The number of hydrogen-bond acceptors (Lipinski definition) is 3. The van der Waals surface area contributed by atoms with Crippen molar-refractivity contribution in [2.45, 2.75) is 12.8 Å². The molecule has 19 heavy (non-hydrogen) atoms. The van der Waals surface area contributed by atoms with Crippen LogP contribution in [0.25, 0.3) is 16.5 Å². The van der Waals surface area contributed by atoms with Gasteiger partial charge in [-0.2, -0.15) is 0 Å². The summed E-state index contributed by atoms with van der Waals surface area (Å²) >= 11 is 5.91. The maximum Gasteiger partial charge on any atom is 0.152 e. The SMILES string of the molecule is Cc1nnc(CCl)n1-c1cccc2c(O)cccc12. The quantitative estimate of drug-likeness (QED) is 0.730. The molecular formula is C14H12ClN3O. The lowest BCUT2D eigenvalue weighted by molar-refractivity contribution is 0.481. The summed E-state index contributed by atoms with van der Waals surface area (Å²) in [6.07, 6.45) is 0. The standard InChI is InChI=1S/C14H12ClN3O/c1-9-16-17-14(8-15)18(9)12-6-2-5-11-10(12)4-3-7-13(11)19/h2-7,19H,8H2,1H3. The van der Waals surface area contributed by atoms with Crippen molar-refractivity contribution < 1.29 is 5.11 Å². The Morgan fingerprint density at radius 3 is 2.63 bits per heavy atom. The van der Waals surface area contributed by atoms with E-state index in [2.05, 4.69) is 10.2 Å². The van der Waals surface area contributed by atoms with E-state index >= 15 is 0 Å². The van der Waals surface area contributed by atoms with Crippen LogP contribution in [0.5, 0.6) is 5.75 Å². The molecule has 4 nitrogen and oxygen atoms in total. The van der Waals surface area contributed by atoms with Gasteiger partial charge in [-0.3, -0.25) is 4.57 Å². The molecule has 0 fully saturated rings. The Bertz CT molecular complexity index is 752. The number of phenols is 1. The van der Waals surface area contributed by atoms with Crippen LogP contribution in [0.3, 0.4) is 0 Å². The summed E-state index contributed by atoms with van der Waals surface area (Å²) in [7, 11) is 0. The number of hydrogen-bond donors (Lipinski definition) is 1. The minimum atomic E-state index is 0.262. The number of aromatic nitrogens is 3. The van der Waals surface area contributed by atoms with Crippen LogP contribution in [0.1, 0.15) is 11.6 Å². The van der Waals surface area contributed by atoms with Gasteiger partial charge in [0.05, 0.1) is 11.6 Å². The van der Waals surface area contributed by atoms with E-state index in [1.165, 1.54) is 0 Å². The van der Waals surface area contributed by atoms with Crippen LogP contribution in [0, 0.1) is 6.92 Å².